The van der Waals surface area contributed by atoms with Gasteiger partial charge in [0.15, 0.2) is 11.4 Å². The number of carbonyl (C=O) groups is 3. The number of aliphatic hydroxyl groups excluding tert-OH is 1. The van der Waals surface area contributed by atoms with Gasteiger partial charge >= 0.3 is 11.9 Å². The molecule has 0 radical (unpaired) electrons. The highest BCUT2D eigenvalue weighted by molar-refractivity contribution is 6.74. The third-order valence-electron chi connectivity index (χ3n) is 10.6. The summed E-state index contributed by atoms with van der Waals surface area (Å²) in [4.78, 5) is 39.8. The van der Waals surface area contributed by atoms with E-state index in [0.717, 1.165) is 5.57 Å². The van der Waals surface area contributed by atoms with E-state index in [1.54, 1.807) is 12.2 Å². The van der Waals surface area contributed by atoms with E-state index in [0.29, 0.717) is 12.2 Å². The van der Waals surface area contributed by atoms with Crippen LogP contribution in [0.5, 0.6) is 0 Å². The van der Waals surface area contributed by atoms with Crippen LogP contribution in [0.3, 0.4) is 0 Å². The van der Waals surface area contributed by atoms with Crippen molar-refractivity contribution in [1.82, 2.24) is 0 Å². The summed E-state index contributed by atoms with van der Waals surface area (Å²) in [5.74, 6) is -1.70. The molecule has 0 aromatic heterocycles. The quantitative estimate of drug-likeness (QED) is 0.344. The Morgan fingerprint density at radius 1 is 1.22 bits per heavy atom. The highest BCUT2D eigenvalue weighted by atomic mass is 28.4. The van der Waals surface area contributed by atoms with E-state index in [9.17, 15) is 19.5 Å². The third kappa shape index (κ3) is 2.74. The van der Waals surface area contributed by atoms with Gasteiger partial charge in [-0.25, -0.2) is 4.79 Å². The Morgan fingerprint density at radius 2 is 1.89 bits per heavy atom. The van der Waals surface area contributed by atoms with E-state index in [1.165, 1.54) is 7.11 Å². The topological polar surface area (TPSA) is 108 Å². The standard InChI is InChI=1S/C27H38O8Si/c1-15-16-11-19(29)25-14-33-26(22(31)32-6)9-10-27(25,34-20(30)12-18(25)26)24(16,5)13-17(28)21(15)35-36(7,8)23(2,3)4/h9-10,16,18-19,29H,11-14H2,1-8H3/t16-,18+,19+,24-,25+,26+,27-/m0/s1. The highest BCUT2D eigenvalue weighted by Crippen LogP contribution is 2.73. The van der Waals surface area contributed by atoms with Crippen molar-refractivity contribution in [2.24, 2.45) is 22.7 Å². The normalized spacial score (nSPS) is 43.5. The predicted octanol–water partition coefficient (Wildman–Crippen LogP) is 3.44. The zero-order chi connectivity index (χ0) is 26.7. The van der Waals surface area contributed by atoms with Crippen LogP contribution >= 0.6 is 0 Å². The molecule has 198 valence electrons. The number of fused-ring (bicyclic) bond motifs is 1. The molecule has 0 aromatic rings. The van der Waals surface area contributed by atoms with Gasteiger partial charge < -0.3 is 23.7 Å². The predicted molar refractivity (Wildman–Crippen MR) is 132 cm³/mol. The first kappa shape index (κ1) is 25.7. The van der Waals surface area contributed by atoms with Crippen LogP contribution in [-0.2, 0) is 33.0 Å². The number of carbonyl (C=O) groups excluding carboxylic acids is 3. The minimum absolute atomic E-state index is 0.0286. The van der Waals surface area contributed by atoms with Crippen molar-refractivity contribution in [1.29, 1.82) is 0 Å². The van der Waals surface area contributed by atoms with Gasteiger partial charge in [-0.1, -0.05) is 27.7 Å². The first-order chi connectivity index (χ1) is 16.5. The molecule has 0 unspecified atom stereocenters. The Kier molecular flexibility index (Phi) is 5.22. The van der Waals surface area contributed by atoms with Crippen LogP contribution in [0.2, 0.25) is 18.1 Å². The fourth-order valence-corrected chi connectivity index (χ4v) is 8.73. The molecule has 5 aliphatic rings. The Labute approximate surface area is 213 Å². The number of rotatable bonds is 3. The van der Waals surface area contributed by atoms with Crippen LogP contribution in [0, 0.1) is 22.7 Å². The summed E-state index contributed by atoms with van der Waals surface area (Å²) in [6, 6.07) is 0. The van der Waals surface area contributed by atoms with Gasteiger partial charge in [-0.15, -0.1) is 0 Å². The van der Waals surface area contributed by atoms with E-state index in [2.05, 4.69) is 33.9 Å². The smallest absolute Gasteiger partial charge is 0.342 e. The van der Waals surface area contributed by atoms with Gasteiger partial charge in [0, 0.05) is 17.8 Å². The van der Waals surface area contributed by atoms with Crippen molar-refractivity contribution < 1.29 is 38.1 Å². The second kappa shape index (κ2) is 7.32. The molecule has 8 nitrogen and oxygen atoms in total. The largest absolute Gasteiger partial charge is 0.541 e. The van der Waals surface area contributed by atoms with E-state index in [1.807, 2.05) is 13.8 Å². The number of ether oxygens (including phenoxy) is 3. The number of methoxy groups -OCH3 is 1. The number of Topliss-reactive ketones (excluding diaryl/α,β-unsaturated/α-hetero) is 1. The average molecular weight is 519 g/mol. The third-order valence-corrected chi connectivity index (χ3v) is 14.9. The van der Waals surface area contributed by atoms with Crippen molar-refractivity contribution >= 4 is 26.0 Å². The monoisotopic (exact) mass is 518 g/mol. The highest BCUT2D eigenvalue weighted by Gasteiger charge is 2.83. The molecule has 3 aliphatic carbocycles. The molecule has 1 N–H and O–H groups in total. The molecule has 2 heterocycles. The molecule has 9 heteroatoms. The number of esters is 2. The van der Waals surface area contributed by atoms with E-state index < -0.39 is 54.3 Å². The van der Waals surface area contributed by atoms with Crippen molar-refractivity contribution in [3.8, 4) is 0 Å². The van der Waals surface area contributed by atoms with E-state index in [4.69, 9.17) is 18.6 Å². The van der Waals surface area contributed by atoms with Gasteiger partial charge in [0.2, 0.25) is 0 Å². The minimum Gasteiger partial charge on any atom is -0.541 e. The van der Waals surface area contributed by atoms with Crippen LogP contribution in [-0.4, -0.2) is 62.2 Å². The molecule has 0 amide bonds. The maximum atomic E-state index is 13.8. The number of hydrogen-bond donors (Lipinski definition) is 1. The average Bonchev–Trinajstić information content (AvgIpc) is 3.01. The lowest BCUT2D eigenvalue weighted by atomic mass is 9.38. The number of ketones is 1. The van der Waals surface area contributed by atoms with Gasteiger partial charge in [-0.2, -0.15) is 0 Å². The Balaban J connectivity index is 1.68. The first-order valence-corrected chi connectivity index (χ1v) is 15.7. The molecule has 36 heavy (non-hydrogen) atoms. The molecule has 4 bridgehead atoms. The van der Waals surface area contributed by atoms with E-state index in [-0.39, 0.29) is 36.2 Å². The SMILES string of the molecule is COC(=O)[C@@]12C=C[C@@]34OC(=O)C[C@@H]1[C@]3(CO2)[C@H](O)C[C@H]1C(C)=C(O[Si](C)(C)C(C)(C)C)C(=O)C[C@@]14C. The Hall–Kier alpha value is -1.97. The van der Waals surface area contributed by atoms with Crippen molar-refractivity contribution in [2.45, 2.75) is 89.3 Å². The number of aliphatic hydroxyl groups is 1. The second-order valence-corrected chi connectivity index (χ2v) is 17.8. The van der Waals surface area contributed by atoms with Gasteiger partial charge in [0.05, 0.1) is 31.7 Å². The lowest BCUT2D eigenvalue weighted by Gasteiger charge is -2.68. The molecule has 2 aliphatic heterocycles. The molecular formula is C27H38O8Si. The molecule has 2 saturated heterocycles. The van der Waals surface area contributed by atoms with Crippen LogP contribution in [0.1, 0.15) is 53.9 Å². The lowest BCUT2D eigenvalue weighted by Crippen LogP contribution is -2.77. The zero-order valence-electron chi connectivity index (χ0n) is 22.5. The molecule has 0 aromatic carbocycles. The summed E-state index contributed by atoms with van der Waals surface area (Å²) in [7, 11) is -1.01. The zero-order valence-corrected chi connectivity index (χ0v) is 23.5. The minimum atomic E-state index is -2.30. The Morgan fingerprint density at radius 3 is 2.50 bits per heavy atom. The number of allylic oxidation sites excluding steroid dienone is 2. The fraction of sp³-hybridized carbons (Fsp3) is 0.741. The molecule has 7 atom stereocenters. The van der Waals surface area contributed by atoms with Crippen LogP contribution < -0.4 is 0 Å². The van der Waals surface area contributed by atoms with Crippen molar-refractivity contribution in [3.63, 3.8) is 0 Å². The molecule has 3 fully saturated rings. The first-order valence-electron chi connectivity index (χ1n) is 12.8. The maximum absolute atomic E-state index is 13.8. The summed E-state index contributed by atoms with van der Waals surface area (Å²) < 4.78 is 24.0. The van der Waals surface area contributed by atoms with E-state index >= 15 is 0 Å². The maximum Gasteiger partial charge on any atom is 0.342 e. The summed E-state index contributed by atoms with van der Waals surface area (Å²) in [6.45, 7) is 14.5. The van der Waals surface area contributed by atoms with Gasteiger partial charge in [-0.3, -0.25) is 9.59 Å². The summed E-state index contributed by atoms with van der Waals surface area (Å²) in [5.41, 5.74) is -3.89. The fourth-order valence-electron chi connectivity index (χ4n) is 7.64. The van der Waals surface area contributed by atoms with Crippen LogP contribution in [0.25, 0.3) is 0 Å². The van der Waals surface area contributed by atoms with Crippen molar-refractivity contribution in [3.05, 3.63) is 23.5 Å². The molecule has 5 rings (SSSR count). The van der Waals surface area contributed by atoms with Gasteiger partial charge in [0.1, 0.15) is 11.4 Å². The van der Waals surface area contributed by atoms with Crippen LogP contribution in [0.15, 0.2) is 23.5 Å². The number of hydrogen-bond acceptors (Lipinski definition) is 8. The van der Waals surface area contributed by atoms with Gasteiger partial charge in [-0.05, 0) is 55.1 Å². The summed E-state index contributed by atoms with van der Waals surface area (Å²) in [5, 5.41) is 11.7. The van der Waals surface area contributed by atoms with Gasteiger partial charge in [0.25, 0.3) is 8.32 Å². The van der Waals surface area contributed by atoms with Crippen LogP contribution in [0.4, 0.5) is 0 Å². The molecule has 1 saturated carbocycles. The molecule has 1 spiro atoms. The Bertz CT molecular complexity index is 1120. The summed E-state index contributed by atoms with van der Waals surface area (Å²) >= 11 is 0. The summed E-state index contributed by atoms with van der Waals surface area (Å²) in [6.07, 6.45) is 2.82. The molecular weight excluding hydrogens is 480 g/mol. The second-order valence-electron chi connectivity index (χ2n) is 13.1. The lowest BCUT2D eigenvalue weighted by molar-refractivity contribution is -0.275. The van der Waals surface area contributed by atoms with Crippen molar-refractivity contribution in [2.75, 3.05) is 13.7 Å².